The molecule has 14 nitrogen and oxygen atoms in total. The highest BCUT2D eigenvalue weighted by molar-refractivity contribution is 6.24. The first-order chi connectivity index (χ1) is 25.0. The fourth-order valence-corrected chi connectivity index (χ4v) is 8.48. The molecule has 1 aliphatic carbocycles. The summed E-state index contributed by atoms with van der Waals surface area (Å²) in [6, 6.07) is 17.9. The van der Waals surface area contributed by atoms with E-state index in [4.69, 9.17) is 9.47 Å². The van der Waals surface area contributed by atoms with E-state index in [9.17, 15) is 29.1 Å². The number of ether oxygens (including phenoxy) is 2. The van der Waals surface area contributed by atoms with Crippen molar-refractivity contribution in [3.8, 4) is 17.2 Å². The predicted molar refractivity (Wildman–Crippen MR) is 190 cm³/mol. The number of carbonyl (C=O) groups excluding carboxylic acids is 2. The molecule has 8 rings (SSSR count). The first kappa shape index (κ1) is 33.0. The average molecular weight is 705 g/mol. The van der Waals surface area contributed by atoms with E-state index in [0.717, 1.165) is 10.1 Å². The lowest BCUT2D eigenvalue weighted by Gasteiger charge is -2.47. The summed E-state index contributed by atoms with van der Waals surface area (Å²) in [7, 11) is 4.61. The van der Waals surface area contributed by atoms with Crippen LogP contribution in [0.25, 0.3) is 11.0 Å². The van der Waals surface area contributed by atoms with E-state index in [-0.39, 0.29) is 54.7 Å². The quantitative estimate of drug-likeness (QED) is 0.199. The number of benzene rings is 3. The minimum Gasteiger partial charge on any atom is -0.508 e. The van der Waals surface area contributed by atoms with Crippen LogP contribution in [0.1, 0.15) is 36.6 Å². The number of rotatable bonds is 7. The van der Waals surface area contributed by atoms with E-state index in [1.807, 2.05) is 6.08 Å². The summed E-state index contributed by atoms with van der Waals surface area (Å²) in [6.45, 7) is 1.74. The molecule has 1 saturated carbocycles. The summed E-state index contributed by atoms with van der Waals surface area (Å²) >= 11 is 0. The molecule has 3 aliphatic rings. The summed E-state index contributed by atoms with van der Waals surface area (Å²) < 4.78 is 16.1. The summed E-state index contributed by atoms with van der Waals surface area (Å²) in [5, 5.41) is 10.1. The van der Waals surface area contributed by atoms with Gasteiger partial charge in [-0.3, -0.25) is 14.4 Å². The van der Waals surface area contributed by atoms with Gasteiger partial charge in [0, 0.05) is 38.1 Å². The summed E-state index contributed by atoms with van der Waals surface area (Å²) in [5.74, 6) is -1.25. The number of para-hydroxylation sites is 1. The molecule has 2 aromatic heterocycles. The van der Waals surface area contributed by atoms with Gasteiger partial charge in [-0.15, -0.1) is 0 Å². The van der Waals surface area contributed by atoms with Crippen molar-refractivity contribution in [1.82, 2.24) is 23.5 Å². The van der Waals surface area contributed by atoms with Gasteiger partial charge in [-0.05, 0) is 48.7 Å². The molecule has 3 aromatic carbocycles. The molecule has 0 radical (unpaired) electrons. The molecule has 52 heavy (non-hydrogen) atoms. The number of allylic oxidation sites excluding steroid dienone is 2. The van der Waals surface area contributed by atoms with Gasteiger partial charge in [-0.25, -0.2) is 33.4 Å². The zero-order chi connectivity index (χ0) is 36.6. The van der Waals surface area contributed by atoms with Crippen LogP contribution in [0, 0.1) is 11.3 Å². The number of phenolic OH excluding ortho intramolecular Hbond substituents is 1. The van der Waals surface area contributed by atoms with E-state index < -0.39 is 34.7 Å². The number of aromatic hydroxyl groups is 1. The largest absolute Gasteiger partial charge is 0.508 e. The molecule has 5 aromatic rings. The van der Waals surface area contributed by atoms with Crippen molar-refractivity contribution in [2.75, 3.05) is 19.1 Å². The summed E-state index contributed by atoms with van der Waals surface area (Å²) in [6.07, 6.45) is 1.99. The number of imide groups is 1. The van der Waals surface area contributed by atoms with Gasteiger partial charge in [-0.2, -0.15) is 0 Å². The van der Waals surface area contributed by atoms with E-state index >= 15 is 0 Å². The molecule has 1 N–H and O–H groups in total. The molecule has 14 heteroatoms. The Morgan fingerprint density at radius 2 is 1.62 bits per heavy atom. The van der Waals surface area contributed by atoms with Crippen LogP contribution in [-0.4, -0.2) is 54.6 Å². The van der Waals surface area contributed by atoms with Crippen LogP contribution in [0.2, 0.25) is 0 Å². The van der Waals surface area contributed by atoms with Crippen LogP contribution in [0.15, 0.2) is 92.8 Å². The van der Waals surface area contributed by atoms with Crippen molar-refractivity contribution >= 4 is 28.5 Å². The van der Waals surface area contributed by atoms with Gasteiger partial charge in [-0.1, -0.05) is 36.4 Å². The molecule has 4 heterocycles. The number of hydrogen-bond donors (Lipinski definition) is 1. The maximum absolute atomic E-state index is 14.4. The second-order valence-electron chi connectivity index (χ2n) is 13.6. The number of amides is 2. The van der Waals surface area contributed by atoms with E-state index in [1.54, 1.807) is 68.6 Å². The van der Waals surface area contributed by atoms with Gasteiger partial charge >= 0.3 is 11.4 Å². The van der Waals surface area contributed by atoms with E-state index in [0.29, 0.717) is 33.8 Å². The Hall–Kier alpha value is -6.18. The average Bonchev–Trinajstić information content (AvgIpc) is 3.51. The Morgan fingerprint density at radius 3 is 2.31 bits per heavy atom. The minimum absolute atomic E-state index is 0.00305. The third kappa shape index (κ3) is 4.62. The van der Waals surface area contributed by atoms with Crippen LogP contribution in [0.5, 0.6) is 17.2 Å². The normalized spacial score (nSPS) is 22.2. The Balaban J connectivity index is 1.19. The van der Waals surface area contributed by atoms with Crippen LogP contribution < -0.4 is 31.3 Å². The third-order valence-corrected chi connectivity index (χ3v) is 11.1. The maximum Gasteiger partial charge on any atom is 0.347 e. The molecule has 2 aliphatic heterocycles. The summed E-state index contributed by atoms with van der Waals surface area (Å²) in [4.78, 5) is 76.0. The molecule has 266 valence electrons. The number of anilines is 1. The van der Waals surface area contributed by atoms with Gasteiger partial charge in [0.15, 0.2) is 11.5 Å². The van der Waals surface area contributed by atoms with E-state index in [1.165, 1.54) is 45.2 Å². The molecule has 0 spiro atoms. The Morgan fingerprint density at radius 1 is 0.923 bits per heavy atom. The SMILES string of the molecule is COc1cc2nc(CCn3c(=O)n4n(c3=O)[C@@H]3C[C@H]5C(=O)N(c6ccccc6)C(=O)[C@@]5(C)[C@@H](c5ccc(O)cc5)C3=CC4)c(=O)n(C)c2cc1OC. The zero-order valence-corrected chi connectivity index (χ0v) is 29.0. The lowest BCUT2D eigenvalue weighted by molar-refractivity contribution is -0.129. The molecule has 4 atom stereocenters. The van der Waals surface area contributed by atoms with Crippen molar-refractivity contribution in [2.24, 2.45) is 18.4 Å². The lowest BCUT2D eigenvalue weighted by atomic mass is 9.56. The number of methoxy groups -OCH3 is 2. The highest BCUT2D eigenvalue weighted by Crippen LogP contribution is 2.61. The van der Waals surface area contributed by atoms with Crippen LogP contribution in [0.3, 0.4) is 0 Å². The van der Waals surface area contributed by atoms with Crippen molar-refractivity contribution in [3.05, 3.63) is 121 Å². The first-order valence-corrected chi connectivity index (χ1v) is 17.0. The number of hydrogen-bond acceptors (Lipinski definition) is 9. The maximum atomic E-state index is 14.4. The fourth-order valence-electron chi connectivity index (χ4n) is 8.48. The Kier molecular flexibility index (Phi) is 7.59. The molecule has 2 amide bonds. The van der Waals surface area contributed by atoms with Gasteiger partial charge < -0.3 is 19.1 Å². The number of phenols is 1. The smallest absolute Gasteiger partial charge is 0.347 e. The first-order valence-electron chi connectivity index (χ1n) is 17.0. The highest BCUT2D eigenvalue weighted by Gasteiger charge is 2.65. The molecule has 0 unspecified atom stereocenters. The standard InChI is InChI=1S/C38H36N6O8/c1-38-25(33(46)43(35(38)48)22-8-6-5-7-9-22)18-28-24(32(38)21-10-12-23(45)13-11-21)14-17-42-36(49)41(37(50)44(28)42)16-15-26-34(47)40(2)29-20-31(52-4)30(51-3)19-27(29)39-26/h5-14,19-20,25,28,32,45H,15-18H2,1-4H3/t25-,28+,32-,38+/m0/s1. The van der Waals surface area contributed by atoms with Crippen molar-refractivity contribution in [3.63, 3.8) is 0 Å². The molecule has 2 fully saturated rings. The zero-order valence-electron chi connectivity index (χ0n) is 29.0. The summed E-state index contributed by atoms with van der Waals surface area (Å²) in [5.41, 5.74) is 0.343. The number of fused-ring (bicyclic) bond motifs is 5. The number of carbonyl (C=O) groups is 2. The van der Waals surface area contributed by atoms with Crippen molar-refractivity contribution < 1.29 is 24.2 Å². The molecule has 0 bridgehead atoms. The molecular formula is C38H36N6O8. The van der Waals surface area contributed by atoms with Crippen LogP contribution in [0.4, 0.5) is 5.69 Å². The number of aryl methyl sites for hydroxylation is 2. The van der Waals surface area contributed by atoms with Crippen molar-refractivity contribution in [2.45, 2.75) is 44.8 Å². The van der Waals surface area contributed by atoms with Gasteiger partial charge in [0.1, 0.15) is 11.4 Å². The monoisotopic (exact) mass is 704 g/mol. The van der Waals surface area contributed by atoms with Gasteiger partial charge in [0.2, 0.25) is 11.8 Å². The number of aromatic nitrogens is 5. The minimum atomic E-state index is -1.21. The van der Waals surface area contributed by atoms with Gasteiger partial charge in [0.05, 0.1) is 54.9 Å². The van der Waals surface area contributed by atoms with Crippen LogP contribution in [-0.2, 0) is 36.1 Å². The Labute approximate surface area is 296 Å². The highest BCUT2D eigenvalue weighted by atomic mass is 16.5. The second kappa shape index (κ2) is 12.0. The predicted octanol–water partition coefficient (Wildman–Crippen LogP) is 2.89. The molecular weight excluding hydrogens is 668 g/mol. The van der Waals surface area contributed by atoms with Crippen molar-refractivity contribution in [1.29, 1.82) is 0 Å². The lowest BCUT2D eigenvalue weighted by Crippen LogP contribution is -2.49. The second-order valence-corrected chi connectivity index (χ2v) is 13.6. The number of nitrogens with zero attached hydrogens (tertiary/aromatic N) is 6. The molecule has 1 saturated heterocycles. The van der Waals surface area contributed by atoms with Crippen LogP contribution >= 0.6 is 0 Å². The fraction of sp³-hybridized carbons (Fsp3) is 0.316. The van der Waals surface area contributed by atoms with Gasteiger partial charge in [0.25, 0.3) is 5.56 Å². The third-order valence-electron chi connectivity index (χ3n) is 11.1. The van der Waals surface area contributed by atoms with E-state index in [2.05, 4.69) is 4.98 Å². The Bertz CT molecular complexity index is 2510. The topological polar surface area (TPSA) is 160 Å².